The molecule has 2 nitrogen and oxygen atoms in total. The van der Waals surface area contributed by atoms with E-state index in [1.165, 1.54) is 12.8 Å². The first-order chi connectivity index (χ1) is 4.33. The topological polar surface area (TPSA) is 32.3 Å². The summed E-state index contributed by atoms with van der Waals surface area (Å²) in [6, 6.07) is 0.564. The first kappa shape index (κ1) is 7.03. The second-order valence-corrected chi connectivity index (χ2v) is 2.81. The summed E-state index contributed by atoms with van der Waals surface area (Å²) in [4.78, 5) is 0. The maximum atomic E-state index is 9.17. The molecule has 0 spiro atoms. The van der Waals surface area contributed by atoms with Crippen LogP contribution in [0.3, 0.4) is 0 Å². The second-order valence-electron chi connectivity index (χ2n) is 2.81. The molecular weight excluding hydrogens is 114 g/mol. The van der Waals surface area contributed by atoms with Crippen LogP contribution in [0.4, 0.5) is 0 Å². The predicted octanol–water partition coefficient (Wildman–Crippen LogP) is 0.509. The first-order valence-electron chi connectivity index (χ1n) is 3.68. The molecule has 0 aliphatic heterocycles. The van der Waals surface area contributed by atoms with E-state index in [2.05, 4.69) is 5.32 Å². The van der Waals surface area contributed by atoms with Crippen molar-refractivity contribution in [3.05, 3.63) is 0 Å². The molecule has 2 heteroatoms. The Morgan fingerprint density at radius 2 is 2.22 bits per heavy atom. The van der Waals surface area contributed by atoms with Gasteiger partial charge in [0.2, 0.25) is 0 Å². The van der Waals surface area contributed by atoms with Crippen LogP contribution in [-0.4, -0.2) is 24.3 Å². The molecule has 0 amide bonds. The van der Waals surface area contributed by atoms with Crippen LogP contribution in [0.15, 0.2) is 0 Å². The molecule has 1 aliphatic carbocycles. The molecule has 2 atom stereocenters. The minimum atomic E-state index is -0.0452. The van der Waals surface area contributed by atoms with Crippen LogP contribution in [0, 0.1) is 0 Å². The molecular formula is C7H15NO. The quantitative estimate of drug-likeness (QED) is 0.540. The standard InChI is InChI=1S/C7H15NO/c1-8-6-3-2-4-7(9)5-6/h6-9H,2-5H2,1H3/t6-,7+/m0/s1. The summed E-state index contributed by atoms with van der Waals surface area (Å²) >= 11 is 0. The molecule has 54 valence electrons. The van der Waals surface area contributed by atoms with Crippen molar-refractivity contribution in [3.63, 3.8) is 0 Å². The summed E-state index contributed by atoms with van der Waals surface area (Å²) in [6.45, 7) is 0. The highest BCUT2D eigenvalue weighted by molar-refractivity contribution is 4.75. The van der Waals surface area contributed by atoms with Gasteiger partial charge >= 0.3 is 0 Å². The Morgan fingerprint density at radius 1 is 1.44 bits per heavy atom. The average molecular weight is 129 g/mol. The highest BCUT2D eigenvalue weighted by Crippen LogP contribution is 2.17. The lowest BCUT2D eigenvalue weighted by Crippen LogP contribution is -2.33. The number of nitrogens with one attached hydrogen (secondary N) is 1. The molecule has 0 unspecified atom stereocenters. The number of hydrogen-bond acceptors (Lipinski definition) is 2. The zero-order valence-electron chi connectivity index (χ0n) is 5.93. The molecule has 0 aromatic carbocycles. The van der Waals surface area contributed by atoms with Crippen LogP contribution in [-0.2, 0) is 0 Å². The van der Waals surface area contributed by atoms with Gasteiger partial charge in [0.15, 0.2) is 0 Å². The van der Waals surface area contributed by atoms with E-state index in [1.54, 1.807) is 0 Å². The van der Waals surface area contributed by atoms with Gasteiger partial charge in [-0.2, -0.15) is 0 Å². The van der Waals surface area contributed by atoms with E-state index in [0.717, 1.165) is 12.8 Å². The van der Waals surface area contributed by atoms with Crippen LogP contribution in [0.5, 0.6) is 0 Å². The number of hydrogen-bond donors (Lipinski definition) is 2. The lowest BCUT2D eigenvalue weighted by Gasteiger charge is -2.24. The first-order valence-corrected chi connectivity index (χ1v) is 3.68. The van der Waals surface area contributed by atoms with Crippen LogP contribution in [0.1, 0.15) is 25.7 Å². The van der Waals surface area contributed by atoms with Gasteiger partial charge < -0.3 is 10.4 Å². The van der Waals surface area contributed by atoms with E-state index in [0.29, 0.717) is 6.04 Å². The molecule has 1 saturated carbocycles. The van der Waals surface area contributed by atoms with Crippen LogP contribution >= 0.6 is 0 Å². The fourth-order valence-electron chi connectivity index (χ4n) is 1.43. The Balaban J connectivity index is 2.23. The van der Waals surface area contributed by atoms with Crippen molar-refractivity contribution in [2.24, 2.45) is 0 Å². The van der Waals surface area contributed by atoms with Crippen molar-refractivity contribution in [1.29, 1.82) is 0 Å². The summed E-state index contributed by atoms with van der Waals surface area (Å²) in [5.74, 6) is 0. The monoisotopic (exact) mass is 129 g/mol. The Hall–Kier alpha value is -0.0800. The van der Waals surface area contributed by atoms with E-state index in [1.807, 2.05) is 7.05 Å². The summed E-state index contributed by atoms with van der Waals surface area (Å²) < 4.78 is 0. The summed E-state index contributed by atoms with van der Waals surface area (Å²) in [5.41, 5.74) is 0. The Morgan fingerprint density at radius 3 is 2.67 bits per heavy atom. The normalized spacial score (nSPS) is 36.7. The Labute approximate surface area is 56.3 Å². The third-order valence-corrected chi connectivity index (χ3v) is 2.05. The SMILES string of the molecule is CN[C@H]1CCC[C@@H](O)C1. The number of aliphatic hydroxyl groups excluding tert-OH is 1. The van der Waals surface area contributed by atoms with Gasteiger partial charge in [-0.1, -0.05) is 0 Å². The maximum Gasteiger partial charge on any atom is 0.0555 e. The largest absolute Gasteiger partial charge is 0.393 e. The maximum absolute atomic E-state index is 9.17. The van der Waals surface area contributed by atoms with Crippen molar-refractivity contribution in [2.75, 3.05) is 7.05 Å². The Bertz CT molecular complexity index is 85.0. The summed E-state index contributed by atoms with van der Waals surface area (Å²) in [5, 5.41) is 12.3. The zero-order chi connectivity index (χ0) is 6.69. The van der Waals surface area contributed by atoms with Gasteiger partial charge in [-0.15, -0.1) is 0 Å². The van der Waals surface area contributed by atoms with Gasteiger partial charge in [-0.3, -0.25) is 0 Å². The molecule has 0 saturated heterocycles. The van der Waals surface area contributed by atoms with E-state index in [-0.39, 0.29) is 6.10 Å². The van der Waals surface area contributed by atoms with E-state index in [9.17, 15) is 5.11 Å². The third kappa shape index (κ3) is 1.95. The van der Waals surface area contributed by atoms with Crippen LogP contribution in [0.2, 0.25) is 0 Å². The van der Waals surface area contributed by atoms with Gasteiger partial charge in [0, 0.05) is 6.04 Å². The van der Waals surface area contributed by atoms with Crippen LogP contribution in [0.25, 0.3) is 0 Å². The zero-order valence-corrected chi connectivity index (χ0v) is 5.93. The molecule has 0 aromatic heterocycles. The lowest BCUT2D eigenvalue weighted by molar-refractivity contribution is 0.114. The molecule has 0 heterocycles. The van der Waals surface area contributed by atoms with Crippen molar-refractivity contribution >= 4 is 0 Å². The molecule has 1 rings (SSSR count). The fraction of sp³-hybridized carbons (Fsp3) is 1.00. The lowest BCUT2D eigenvalue weighted by atomic mass is 9.93. The minimum absolute atomic E-state index is 0.0452. The fourth-order valence-corrected chi connectivity index (χ4v) is 1.43. The minimum Gasteiger partial charge on any atom is -0.393 e. The predicted molar refractivity (Wildman–Crippen MR) is 37.3 cm³/mol. The van der Waals surface area contributed by atoms with Crippen molar-refractivity contribution in [3.8, 4) is 0 Å². The molecule has 1 aliphatic rings. The highest BCUT2D eigenvalue weighted by Gasteiger charge is 2.17. The highest BCUT2D eigenvalue weighted by atomic mass is 16.3. The van der Waals surface area contributed by atoms with E-state index >= 15 is 0 Å². The molecule has 1 fully saturated rings. The van der Waals surface area contributed by atoms with E-state index < -0.39 is 0 Å². The molecule has 2 N–H and O–H groups in total. The molecule has 9 heavy (non-hydrogen) atoms. The summed E-state index contributed by atoms with van der Waals surface area (Å²) in [6.07, 6.45) is 4.30. The Kier molecular flexibility index (Phi) is 2.49. The number of rotatable bonds is 1. The van der Waals surface area contributed by atoms with Gasteiger partial charge in [-0.05, 0) is 32.7 Å². The van der Waals surface area contributed by atoms with Crippen molar-refractivity contribution < 1.29 is 5.11 Å². The average Bonchev–Trinajstić information content (AvgIpc) is 1.88. The van der Waals surface area contributed by atoms with Gasteiger partial charge in [0.1, 0.15) is 0 Å². The molecule has 0 radical (unpaired) electrons. The van der Waals surface area contributed by atoms with Crippen molar-refractivity contribution in [1.82, 2.24) is 5.32 Å². The van der Waals surface area contributed by atoms with Gasteiger partial charge in [0.05, 0.1) is 6.10 Å². The smallest absolute Gasteiger partial charge is 0.0555 e. The third-order valence-electron chi connectivity index (χ3n) is 2.05. The van der Waals surface area contributed by atoms with Gasteiger partial charge in [0.25, 0.3) is 0 Å². The van der Waals surface area contributed by atoms with E-state index in [4.69, 9.17) is 0 Å². The van der Waals surface area contributed by atoms with Crippen molar-refractivity contribution in [2.45, 2.75) is 37.8 Å². The van der Waals surface area contributed by atoms with Crippen LogP contribution < -0.4 is 5.32 Å². The second kappa shape index (κ2) is 3.18. The molecule has 0 aromatic rings. The molecule has 0 bridgehead atoms. The summed E-state index contributed by atoms with van der Waals surface area (Å²) in [7, 11) is 1.96. The van der Waals surface area contributed by atoms with Gasteiger partial charge in [-0.25, -0.2) is 0 Å². The number of aliphatic hydroxyl groups is 1.